The Bertz CT molecular complexity index is 784. The van der Waals surface area contributed by atoms with Gasteiger partial charge in [-0.1, -0.05) is 48.5 Å². The molecule has 2 aromatic rings. The lowest BCUT2D eigenvalue weighted by Crippen LogP contribution is -2.47. The van der Waals surface area contributed by atoms with Crippen LogP contribution >= 0.6 is 0 Å². The van der Waals surface area contributed by atoms with Crippen LogP contribution in [0.4, 0.5) is 17.6 Å². The molecule has 0 bridgehead atoms. The second-order valence-electron chi connectivity index (χ2n) is 6.98. The Morgan fingerprint density at radius 2 is 1.29 bits per heavy atom. The number of aliphatic hydroxyl groups excluding tert-OH is 1. The van der Waals surface area contributed by atoms with Crippen molar-refractivity contribution in [2.75, 3.05) is 19.8 Å². The predicted octanol–water partition coefficient (Wildman–Crippen LogP) is 4.35. The third kappa shape index (κ3) is 3.00. The van der Waals surface area contributed by atoms with E-state index >= 15 is 0 Å². The molecule has 0 amide bonds. The highest BCUT2D eigenvalue weighted by Gasteiger charge is 2.57. The maximum absolute atomic E-state index is 13.5. The highest BCUT2D eigenvalue weighted by atomic mass is 19.3. The minimum absolute atomic E-state index is 0.0408. The van der Waals surface area contributed by atoms with Crippen molar-refractivity contribution in [2.24, 2.45) is 0 Å². The lowest BCUT2D eigenvalue weighted by Gasteiger charge is -2.34. The van der Waals surface area contributed by atoms with Crippen molar-refractivity contribution in [2.45, 2.75) is 30.8 Å². The predicted molar refractivity (Wildman–Crippen MR) is 91.8 cm³/mol. The smallest absolute Gasteiger partial charge is 0.264 e. The molecule has 0 aromatic heterocycles. The number of nitrogens with zero attached hydrogens (tertiary/aromatic N) is 1. The quantitative estimate of drug-likeness (QED) is 0.762. The van der Waals surface area contributed by atoms with Gasteiger partial charge in [-0.05, 0) is 0 Å². The number of benzene rings is 2. The van der Waals surface area contributed by atoms with Crippen LogP contribution in [0.2, 0.25) is 0 Å². The van der Waals surface area contributed by atoms with E-state index in [4.69, 9.17) is 9.47 Å². The molecule has 0 spiro atoms. The molecule has 2 aromatic carbocycles. The van der Waals surface area contributed by atoms with Crippen molar-refractivity contribution >= 4 is 0 Å². The van der Waals surface area contributed by atoms with Crippen molar-refractivity contribution in [1.82, 2.24) is 4.90 Å². The first-order valence-corrected chi connectivity index (χ1v) is 8.85. The van der Waals surface area contributed by atoms with Crippen LogP contribution in [0, 0.1) is 0 Å². The van der Waals surface area contributed by atoms with Crippen LogP contribution in [0.1, 0.15) is 47.6 Å². The van der Waals surface area contributed by atoms with Crippen LogP contribution in [0.5, 0.6) is 0 Å². The van der Waals surface area contributed by atoms with Gasteiger partial charge >= 0.3 is 0 Å². The number of hydrogen-bond donors (Lipinski definition) is 1. The molecule has 2 aliphatic heterocycles. The second kappa shape index (κ2) is 7.44. The first-order chi connectivity index (χ1) is 13.5. The largest absolute Gasteiger partial charge is 0.394 e. The van der Waals surface area contributed by atoms with Crippen molar-refractivity contribution in [3.05, 3.63) is 70.8 Å². The van der Waals surface area contributed by atoms with E-state index in [0.717, 1.165) is 0 Å². The standard InChI is InChI=1S/C20H19F4NO3/c21-16(22)12-5-1-3-7-14(12)18-25-19(28-11-20(25,9-26)10-27-18)15-8-4-2-6-13(15)17(23)24/h1-8,16-19,26H,9-11H2. The zero-order valence-electron chi connectivity index (χ0n) is 14.8. The lowest BCUT2D eigenvalue weighted by molar-refractivity contribution is -0.0656. The zero-order valence-corrected chi connectivity index (χ0v) is 14.8. The van der Waals surface area contributed by atoms with Crippen LogP contribution < -0.4 is 0 Å². The fraction of sp³-hybridized carbons (Fsp3) is 0.400. The Kier molecular flexibility index (Phi) is 5.13. The van der Waals surface area contributed by atoms with Gasteiger partial charge in [0.05, 0.1) is 25.4 Å². The van der Waals surface area contributed by atoms with Crippen molar-refractivity contribution in [3.8, 4) is 0 Å². The van der Waals surface area contributed by atoms with Gasteiger partial charge in [0.25, 0.3) is 12.9 Å². The Hall–Kier alpha value is -2.00. The van der Waals surface area contributed by atoms with Crippen LogP contribution in [0.3, 0.4) is 0 Å². The first kappa shape index (κ1) is 19.3. The number of hydrogen-bond acceptors (Lipinski definition) is 4. The van der Waals surface area contributed by atoms with Gasteiger partial charge in [-0.2, -0.15) is 0 Å². The Balaban J connectivity index is 1.80. The number of alkyl halides is 4. The summed E-state index contributed by atoms with van der Waals surface area (Å²) in [5.41, 5.74) is -0.918. The van der Waals surface area contributed by atoms with Gasteiger partial charge in [-0.25, -0.2) is 22.5 Å². The normalized spacial score (nSPS) is 27.7. The molecule has 4 nitrogen and oxygen atoms in total. The van der Waals surface area contributed by atoms with Gasteiger partial charge in [-0.15, -0.1) is 0 Å². The fourth-order valence-corrected chi connectivity index (χ4v) is 3.96. The average Bonchev–Trinajstić information content (AvgIpc) is 3.25. The maximum atomic E-state index is 13.5. The van der Waals surface area contributed by atoms with E-state index in [1.807, 2.05) is 0 Å². The minimum Gasteiger partial charge on any atom is -0.394 e. The van der Waals surface area contributed by atoms with E-state index in [1.165, 1.54) is 36.4 Å². The molecule has 4 rings (SSSR count). The first-order valence-electron chi connectivity index (χ1n) is 8.85. The molecule has 0 aliphatic carbocycles. The summed E-state index contributed by atoms with van der Waals surface area (Å²) in [4.78, 5) is 1.61. The molecule has 2 heterocycles. The number of halogens is 4. The fourth-order valence-electron chi connectivity index (χ4n) is 3.96. The summed E-state index contributed by atoms with van der Waals surface area (Å²) in [6, 6.07) is 11.9. The Morgan fingerprint density at radius 1 is 0.857 bits per heavy atom. The molecular formula is C20H19F4NO3. The lowest BCUT2D eigenvalue weighted by atomic mass is 9.98. The van der Waals surface area contributed by atoms with E-state index < -0.39 is 30.8 Å². The van der Waals surface area contributed by atoms with Crippen molar-refractivity contribution in [3.63, 3.8) is 0 Å². The highest BCUT2D eigenvalue weighted by Crippen LogP contribution is 2.51. The zero-order chi connectivity index (χ0) is 19.9. The van der Waals surface area contributed by atoms with Crippen LogP contribution in [0.25, 0.3) is 0 Å². The van der Waals surface area contributed by atoms with Gasteiger partial charge in [0.1, 0.15) is 12.5 Å². The number of ether oxygens (including phenoxy) is 2. The molecule has 8 heteroatoms. The molecule has 1 N–H and O–H groups in total. The van der Waals surface area contributed by atoms with E-state index in [1.54, 1.807) is 17.0 Å². The van der Waals surface area contributed by atoms with Crippen molar-refractivity contribution < 1.29 is 32.1 Å². The minimum atomic E-state index is -2.72. The van der Waals surface area contributed by atoms with Crippen LogP contribution in [-0.4, -0.2) is 35.4 Å². The molecule has 0 saturated carbocycles. The summed E-state index contributed by atoms with van der Waals surface area (Å²) in [5, 5.41) is 10.0. The third-order valence-corrected chi connectivity index (χ3v) is 5.36. The van der Waals surface area contributed by atoms with E-state index in [9.17, 15) is 22.7 Å². The summed E-state index contributed by atoms with van der Waals surface area (Å²) in [6.45, 7) is -0.272. The third-order valence-electron chi connectivity index (χ3n) is 5.36. The molecule has 2 aliphatic rings. The Labute approximate surface area is 159 Å². The topological polar surface area (TPSA) is 41.9 Å². The molecule has 150 valence electrons. The molecule has 2 saturated heterocycles. The summed E-state index contributed by atoms with van der Waals surface area (Å²) >= 11 is 0. The Morgan fingerprint density at radius 3 is 1.68 bits per heavy atom. The number of aliphatic hydroxyl groups is 1. The molecule has 28 heavy (non-hydrogen) atoms. The van der Waals surface area contributed by atoms with E-state index in [-0.39, 0.29) is 42.1 Å². The van der Waals surface area contributed by atoms with Gasteiger partial charge in [0, 0.05) is 22.3 Å². The van der Waals surface area contributed by atoms with Crippen LogP contribution in [0.15, 0.2) is 48.5 Å². The van der Waals surface area contributed by atoms with Gasteiger partial charge in [0.15, 0.2) is 0 Å². The second-order valence-corrected chi connectivity index (χ2v) is 6.98. The number of fused-ring (bicyclic) bond motifs is 1. The van der Waals surface area contributed by atoms with Crippen LogP contribution in [-0.2, 0) is 9.47 Å². The van der Waals surface area contributed by atoms with E-state index in [2.05, 4.69) is 0 Å². The molecule has 2 fully saturated rings. The molecular weight excluding hydrogens is 378 g/mol. The van der Waals surface area contributed by atoms with Crippen molar-refractivity contribution in [1.29, 1.82) is 0 Å². The summed E-state index contributed by atoms with van der Waals surface area (Å²) in [7, 11) is 0. The maximum Gasteiger partial charge on any atom is 0.264 e. The summed E-state index contributed by atoms with van der Waals surface area (Å²) < 4.78 is 65.8. The number of rotatable bonds is 5. The van der Waals surface area contributed by atoms with Gasteiger partial charge in [-0.3, -0.25) is 0 Å². The average molecular weight is 397 g/mol. The highest BCUT2D eigenvalue weighted by molar-refractivity contribution is 5.35. The monoisotopic (exact) mass is 397 g/mol. The van der Waals surface area contributed by atoms with E-state index in [0.29, 0.717) is 0 Å². The molecule has 0 radical (unpaired) electrons. The van der Waals surface area contributed by atoms with Gasteiger partial charge < -0.3 is 14.6 Å². The SMILES string of the molecule is OCC12COC(c3ccccc3C(F)F)N1C(c1ccccc1C(F)F)OC2. The molecule has 2 atom stereocenters. The summed E-state index contributed by atoms with van der Waals surface area (Å²) in [6.07, 6.45) is -7.34. The van der Waals surface area contributed by atoms with Gasteiger partial charge in [0.2, 0.25) is 0 Å². The summed E-state index contributed by atoms with van der Waals surface area (Å²) in [5.74, 6) is 0. The molecule has 2 unspecified atom stereocenters.